The summed E-state index contributed by atoms with van der Waals surface area (Å²) in [6, 6.07) is 5.44. The molecule has 82 valence electrons. The van der Waals surface area contributed by atoms with Gasteiger partial charge in [-0.1, -0.05) is 11.6 Å². The maximum Gasteiger partial charge on any atom is 0.138 e. The molecule has 2 rings (SSSR count). The van der Waals surface area contributed by atoms with E-state index in [1.165, 1.54) is 0 Å². The average Bonchev–Trinajstić information content (AvgIpc) is 2.30. The molecule has 0 aliphatic heterocycles. The van der Waals surface area contributed by atoms with Crippen LogP contribution in [-0.2, 0) is 0 Å². The van der Waals surface area contributed by atoms with E-state index in [1.54, 1.807) is 30.7 Å². The van der Waals surface area contributed by atoms with Crippen molar-refractivity contribution < 1.29 is 4.74 Å². The van der Waals surface area contributed by atoms with Gasteiger partial charge < -0.3 is 4.74 Å². The van der Waals surface area contributed by atoms with Crippen molar-refractivity contribution in [1.82, 2.24) is 9.97 Å². The van der Waals surface area contributed by atoms with Crippen LogP contribution < -0.4 is 4.74 Å². The number of hydrogen-bond donors (Lipinski definition) is 0. The summed E-state index contributed by atoms with van der Waals surface area (Å²) in [5, 5.41) is 0.659. The van der Waals surface area contributed by atoms with E-state index in [4.69, 9.17) is 16.3 Å². The lowest BCUT2D eigenvalue weighted by Crippen LogP contribution is -1.93. The Morgan fingerprint density at radius 1 is 1.31 bits per heavy atom. The van der Waals surface area contributed by atoms with Gasteiger partial charge in [-0.15, -0.1) is 0 Å². The van der Waals surface area contributed by atoms with Crippen molar-refractivity contribution in [3.8, 4) is 17.0 Å². The fourth-order valence-electron chi connectivity index (χ4n) is 1.37. The van der Waals surface area contributed by atoms with Crippen LogP contribution in [0.2, 0.25) is 5.02 Å². The van der Waals surface area contributed by atoms with Crippen LogP contribution in [0.5, 0.6) is 5.75 Å². The molecule has 0 radical (unpaired) electrons. The standard InChI is InChI=1S/C12H11ClN2O/c1-2-16-11-5-9(7-14-8-11)12-6-10(13)3-4-15-12/h3-8H,2H2,1H3. The first-order valence-electron chi connectivity index (χ1n) is 4.99. The molecule has 2 aromatic heterocycles. The molecular formula is C12H11ClN2O. The van der Waals surface area contributed by atoms with Gasteiger partial charge in [0.2, 0.25) is 0 Å². The Labute approximate surface area is 99.1 Å². The first-order chi connectivity index (χ1) is 7.79. The molecule has 0 aliphatic rings. The minimum Gasteiger partial charge on any atom is -0.492 e. The normalized spacial score (nSPS) is 10.1. The van der Waals surface area contributed by atoms with Gasteiger partial charge in [-0.25, -0.2) is 0 Å². The largest absolute Gasteiger partial charge is 0.492 e. The first-order valence-corrected chi connectivity index (χ1v) is 5.37. The van der Waals surface area contributed by atoms with Gasteiger partial charge in [0.15, 0.2) is 0 Å². The average molecular weight is 235 g/mol. The molecule has 3 nitrogen and oxygen atoms in total. The minimum atomic E-state index is 0.619. The third-order valence-electron chi connectivity index (χ3n) is 2.04. The maximum absolute atomic E-state index is 5.90. The molecule has 0 unspecified atom stereocenters. The lowest BCUT2D eigenvalue weighted by molar-refractivity contribution is 0.339. The van der Waals surface area contributed by atoms with Crippen LogP contribution in [0.1, 0.15) is 6.92 Å². The highest BCUT2D eigenvalue weighted by atomic mass is 35.5. The fourth-order valence-corrected chi connectivity index (χ4v) is 1.53. The molecule has 0 saturated carbocycles. The van der Waals surface area contributed by atoms with Gasteiger partial charge >= 0.3 is 0 Å². The van der Waals surface area contributed by atoms with Crippen LogP contribution >= 0.6 is 11.6 Å². The quantitative estimate of drug-likeness (QED) is 0.818. The van der Waals surface area contributed by atoms with Gasteiger partial charge in [-0.2, -0.15) is 0 Å². The van der Waals surface area contributed by atoms with Crippen LogP contribution in [0.25, 0.3) is 11.3 Å². The Kier molecular flexibility index (Phi) is 3.37. The SMILES string of the molecule is CCOc1cncc(-c2cc(Cl)ccn2)c1. The van der Waals surface area contributed by atoms with E-state index in [9.17, 15) is 0 Å². The molecule has 0 N–H and O–H groups in total. The van der Waals surface area contributed by atoms with E-state index < -0.39 is 0 Å². The van der Waals surface area contributed by atoms with Crippen LogP contribution in [-0.4, -0.2) is 16.6 Å². The van der Waals surface area contributed by atoms with Crippen molar-refractivity contribution in [3.05, 3.63) is 41.8 Å². The summed E-state index contributed by atoms with van der Waals surface area (Å²) in [5.41, 5.74) is 1.69. The van der Waals surface area contributed by atoms with E-state index >= 15 is 0 Å². The Morgan fingerprint density at radius 2 is 2.19 bits per heavy atom. The molecule has 0 aliphatic carbocycles. The summed E-state index contributed by atoms with van der Waals surface area (Å²) in [4.78, 5) is 8.33. The number of hydrogen-bond acceptors (Lipinski definition) is 3. The van der Waals surface area contributed by atoms with Gasteiger partial charge in [-0.05, 0) is 25.1 Å². The molecule has 16 heavy (non-hydrogen) atoms. The summed E-state index contributed by atoms with van der Waals surface area (Å²) in [6.45, 7) is 2.55. The zero-order valence-electron chi connectivity index (χ0n) is 8.85. The summed E-state index contributed by atoms with van der Waals surface area (Å²) < 4.78 is 5.37. The van der Waals surface area contributed by atoms with E-state index in [0.717, 1.165) is 17.0 Å². The molecule has 0 atom stereocenters. The van der Waals surface area contributed by atoms with Crippen molar-refractivity contribution in [2.45, 2.75) is 6.92 Å². The van der Waals surface area contributed by atoms with E-state index in [0.29, 0.717) is 11.6 Å². The molecule has 2 aromatic rings. The van der Waals surface area contributed by atoms with Crippen LogP contribution in [0, 0.1) is 0 Å². The Bertz CT molecular complexity index is 488. The summed E-state index contributed by atoms with van der Waals surface area (Å²) >= 11 is 5.90. The second-order valence-corrected chi connectivity index (χ2v) is 3.64. The molecule has 0 bridgehead atoms. The zero-order chi connectivity index (χ0) is 11.4. The Morgan fingerprint density at radius 3 is 2.94 bits per heavy atom. The van der Waals surface area contributed by atoms with Crippen molar-refractivity contribution in [2.24, 2.45) is 0 Å². The lowest BCUT2D eigenvalue weighted by atomic mass is 10.2. The highest BCUT2D eigenvalue weighted by Crippen LogP contribution is 2.22. The monoisotopic (exact) mass is 234 g/mol. The molecule has 0 amide bonds. The highest BCUT2D eigenvalue weighted by molar-refractivity contribution is 6.30. The second-order valence-electron chi connectivity index (χ2n) is 3.20. The number of rotatable bonds is 3. The molecule has 0 spiro atoms. The Hall–Kier alpha value is -1.61. The van der Waals surface area contributed by atoms with Crippen molar-refractivity contribution in [1.29, 1.82) is 0 Å². The van der Waals surface area contributed by atoms with Crippen LogP contribution in [0.15, 0.2) is 36.8 Å². The molecular weight excluding hydrogens is 224 g/mol. The highest BCUT2D eigenvalue weighted by Gasteiger charge is 2.02. The van der Waals surface area contributed by atoms with E-state index in [2.05, 4.69) is 9.97 Å². The third-order valence-corrected chi connectivity index (χ3v) is 2.28. The fraction of sp³-hybridized carbons (Fsp3) is 0.167. The number of nitrogens with zero attached hydrogens (tertiary/aromatic N) is 2. The maximum atomic E-state index is 5.90. The zero-order valence-corrected chi connectivity index (χ0v) is 9.61. The Balaban J connectivity index is 2.36. The second kappa shape index (κ2) is 4.94. The summed E-state index contributed by atoms with van der Waals surface area (Å²) in [7, 11) is 0. The topological polar surface area (TPSA) is 35.0 Å². The van der Waals surface area contributed by atoms with E-state index in [1.807, 2.05) is 13.0 Å². The first kappa shape index (κ1) is 10.9. The predicted octanol–water partition coefficient (Wildman–Crippen LogP) is 3.20. The smallest absolute Gasteiger partial charge is 0.138 e. The van der Waals surface area contributed by atoms with Gasteiger partial charge in [0.25, 0.3) is 0 Å². The minimum absolute atomic E-state index is 0.619. The van der Waals surface area contributed by atoms with Crippen LogP contribution in [0.4, 0.5) is 0 Å². The number of pyridine rings is 2. The molecule has 4 heteroatoms. The number of halogens is 1. The van der Waals surface area contributed by atoms with Gasteiger partial charge in [0.05, 0.1) is 18.5 Å². The van der Waals surface area contributed by atoms with Crippen molar-refractivity contribution in [3.63, 3.8) is 0 Å². The predicted molar refractivity (Wildman–Crippen MR) is 63.6 cm³/mol. The summed E-state index contributed by atoms with van der Waals surface area (Å²) in [5.74, 6) is 0.738. The van der Waals surface area contributed by atoms with Crippen molar-refractivity contribution >= 4 is 11.6 Å². The van der Waals surface area contributed by atoms with E-state index in [-0.39, 0.29) is 0 Å². The van der Waals surface area contributed by atoms with Crippen LogP contribution in [0.3, 0.4) is 0 Å². The lowest BCUT2D eigenvalue weighted by Gasteiger charge is -2.05. The molecule has 2 heterocycles. The van der Waals surface area contributed by atoms with Gasteiger partial charge in [-0.3, -0.25) is 9.97 Å². The number of aromatic nitrogens is 2. The van der Waals surface area contributed by atoms with Gasteiger partial charge in [0.1, 0.15) is 5.75 Å². The summed E-state index contributed by atoms with van der Waals surface area (Å²) in [6.07, 6.45) is 5.09. The third kappa shape index (κ3) is 2.49. The van der Waals surface area contributed by atoms with Crippen molar-refractivity contribution in [2.75, 3.05) is 6.61 Å². The number of ether oxygens (including phenoxy) is 1. The molecule has 0 saturated heterocycles. The molecule has 0 aromatic carbocycles. The van der Waals surface area contributed by atoms with Gasteiger partial charge in [0, 0.05) is 23.0 Å². The molecule has 0 fully saturated rings.